The summed E-state index contributed by atoms with van der Waals surface area (Å²) in [7, 11) is 1.14. The number of rotatable bonds is 56. The number of unbranched alkanes of at least 4 members (excludes halogenated alkanes) is 26. The van der Waals surface area contributed by atoms with Crippen LogP contribution in [0, 0.1) is 0 Å². The first kappa shape index (κ1) is 73.9. The number of ether oxygens (including phenoxy) is 1. The lowest BCUT2D eigenvalue weighted by molar-refractivity contribution is -0.870. The van der Waals surface area contributed by atoms with Gasteiger partial charge in [-0.1, -0.05) is 253 Å². The van der Waals surface area contributed by atoms with E-state index in [4.69, 9.17) is 13.8 Å². The van der Waals surface area contributed by atoms with Crippen molar-refractivity contribution < 1.29 is 37.3 Å². The summed E-state index contributed by atoms with van der Waals surface area (Å²) in [6, 6.07) is -0.926. The van der Waals surface area contributed by atoms with Crippen LogP contribution in [0.3, 0.4) is 0 Å². The molecule has 3 atom stereocenters. The molecule has 0 spiro atoms. The van der Waals surface area contributed by atoms with Gasteiger partial charge in [-0.3, -0.25) is 14.2 Å². The van der Waals surface area contributed by atoms with Gasteiger partial charge in [-0.05, 0) is 96.0 Å². The third-order valence-corrected chi connectivity index (χ3v) is 14.5. The second kappa shape index (κ2) is 56.2. The summed E-state index contributed by atoms with van der Waals surface area (Å²) < 4.78 is 30.3. The second-order valence-corrected chi connectivity index (χ2v) is 23.6. The van der Waals surface area contributed by atoms with E-state index in [1.807, 2.05) is 39.4 Å². The van der Waals surface area contributed by atoms with E-state index in [1.54, 1.807) is 0 Å². The van der Waals surface area contributed by atoms with Crippen molar-refractivity contribution >= 4 is 19.7 Å². The molecule has 0 rings (SSSR count). The zero-order valence-electron chi connectivity index (χ0n) is 50.6. The van der Waals surface area contributed by atoms with E-state index < -0.39 is 26.6 Å². The summed E-state index contributed by atoms with van der Waals surface area (Å²) in [4.78, 5) is 39.9. The quantitative estimate of drug-likeness (QED) is 0.0212. The number of likely N-dealkylation sites (N-methyl/N-ethyl adjacent to an activating group) is 1. The zero-order valence-corrected chi connectivity index (χ0v) is 51.5. The van der Waals surface area contributed by atoms with Crippen LogP contribution in [0.1, 0.15) is 265 Å². The van der Waals surface area contributed by atoms with E-state index in [9.17, 15) is 19.0 Å². The summed E-state index contributed by atoms with van der Waals surface area (Å²) in [5.41, 5.74) is 0. The van der Waals surface area contributed by atoms with Gasteiger partial charge < -0.3 is 28.5 Å². The molecule has 77 heavy (non-hydrogen) atoms. The van der Waals surface area contributed by atoms with Gasteiger partial charge in [0.2, 0.25) is 5.91 Å². The summed E-state index contributed by atoms with van der Waals surface area (Å²) >= 11 is 0. The number of esters is 1. The summed E-state index contributed by atoms with van der Waals surface area (Å²) in [6.07, 6.45) is 75.4. The Hall–Kier alpha value is -3.07. The smallest absolute Gasteiger partial charge is 0.306 e. The molecule has 9 nitrogen and oxygen atoms in total. The maximum atomic E-state index is 13.5. The maximum absolute atomic E-state index is 13.5. The van der Waals surface area contributed by atoms with E-state index in [2.05, 4.69) is 105 Å². The van der Waals surface area contributed by atoms with Crippen LogP contribution in [0.2, 0.25) is 0 Å². The molecule has 3 unspecified atom stereocenters. The Morgan fingerprint density at radius 1 is 0.468 bits per heavy atom. The molecule has 0 aliphatic rings. The summed E-state index contributed by atoms with van der Waals surface area (Å²) in [5.74, 6) is -0.628. The zero-order chi connectivity index (χ0) is 56.4. The van der Waals surface area contributed by atoms with Crippen molar-refractivity contribution in [2.75, 3.05) is 40.9 Å². The van der Waals surface area contributed by atoms with Gasteiger partial charge in [0.15, 0.2) is 0 Å². The number of quaternary nitrogens is 1. The highest BCUT2D eigenvalue weighted by molar-refractivity contribution is 7.45. The van der Waals surface area contributed by atoms with Crippen LogP contribution in [0.25, 0.3) is 0 Å². The average Bonchev–Trinajstić information content (AvgIpc) is 3.39. The van der Waals surface area contributed by atoms with Crippen molar-refractivity contribution in [3.05, 3.63) is 97.2 Å². The molecule has 0 radical (unpaired) electrons. The molecular formula is C67H119N2O7P. The lowest BCUT2D eigenvalue weighted by Gasteiger charge is -2.30. The number of carbonyl (C=O) groups excluding carboxylic acids is 2. The monoisotopic (exact) mass is 1090 g/mol. The molecule has 0 aromatic rings. The summed E-state index contributed by atoms with van der Waals surface area (Å²) in [5, 5.41) is 2.98. The number of nitrogens with zero attached hydrogens (tertiary/aromatic N) is 1. The first-order valence-corrected chi connectivity index (χ1v) is 33.0. The number of hydrogen-bond acceptors (Lipinski definition) is 7. The SMILES string of the molecule is CC/C=C\C/C=C\C/C=C\C/C=C\C/C=C\CCCCCCCCCCCC(=O)OC(/C=C\CCCCCCCCCCCCC)C(COP(=O)([O-])OCC[N+](C)(C)C)NC(=O)CC/C=C/C/C=C\CCCCCCCC. The van der Waals surface area contributed by atoms with Gasteiger partial charge in [-0.25, -0.2) is 0 Å². The molecule has 0 aliphatic heterocycles. The third-order valence-electron chi connectivity index (χ3n) is 13.5. The molecule has 0 bridgehead atoms. The van der Waals surface area contributed by atoms with Crippen molar-refractivity contribution in [3.8, 4) is 0 Å². The number of amides is 1. The molecule has 0 heterocycles. The molecule has 0 aromatic heterocycles. The van der Waals surface area contributed by atoms with Gasteiger partial charge in [-0.2, -0.15) is 0 Å². The largest absolute Gasteiger partial charge is 0.756 e. The Bertz CT molecular complexity index is 1640. The van der Waals surface area contributed by atoms with E-state index in [-0.39, 0.29) is 31.3 Å². The van der Waals surface area contributed by atoms with Gasteiger partial charge in [0.05, 0.1) is 33.8 Å². The second-order valence-electron chi connectivity index (χ2n) is 22.2. The number of hydrogen-bond donors (Lipinski definition) is 1. The molecule has 0 saturated heterocycles. The minimum atomic E-state index is -4.72. The van der Waals surface area contributed by atoms with Crippen LogP contribution in [0.4, 0.5) is 0 Å². The minimum Gasteiger partial charge on any atom is -0.756 e. The van der Waals surface area contributed by atoms with Crippen LogP contribution in [0.5, 0.6) is 0 Å². The van der Waals surface area contributed by atoms with E-state index in [0.717, 1.165) is 89.9 Å². The van der Waals surface area contributed by atoms with Crippen LogP contribution in [0.15, 0.2) is 97.2 Å². The third kappa shape index (κ3) is 57.4. The van der Waals surface area contributed by atoms with Crippen LogP contribution < -0.4 is 10.2 Å². The molecular weight excluding hydrogens is 976 g/mol. The highest BCUT2D eigenvalue weighted by atomic mass is 31.2. The predicted octanol–water partition coefficient (Wildman–Crippen LogP) is 18.9. The van der Waals surface area contributed by atoms with Crippen molar-refractivity contribution in [3.63, 3.8) is 0 Å². The first-order valence-electron chi connectivity index (χ1n) is 31.5. The minimum absolute atomic E-state index is 0.0361. The molecule has 0 aliphatic carbocycles. The fraction of sp³-hybridized carbons (Fsp3) is 0.731. The van der Waals surface area contributed by atoms with Crippen molar-refractivity contribution in [2.45, 2.75) is 277 Å². The Labute approximate surface area is 475 Å². The first-order chi connectivity index (χ1) is 37.4. The van der Waals surface area contributed by atoms with Crippen molar-refractivity contribution in [2.24, 2.45) is 0 Å². The topological polar surface area (TPSA) is 114 Å². The Morgan fingerprint density at radius 2 is 0.844 bits per heavy atom. The van der Waals surface area contributed by atoms with Crippen LogP contribution in [-0.4, -0.2) is 69.4 Å². The van der Waals surface area contributed by atoms with Gasteiger partial charge >= 0.3 is 5.97 Å². The van der Waals surface area contributed by atoms with E-state index >= 15 is 0 Å². The number of carbonyl (C=O) groups is 2. The number of nitrogens with one attached hydrogen (secondary N) is 1. The molecule has 1 N–H and O–H groups in total. The highest BCUT2D eigenvalue weighted by Crippen LogP contribution is 2.38. The lowest BCUT2D eigenvalue weighted by Crippen LogP contribution is -2.47. The fourth-order valence-corrected chi connectivity index (χ4v) is 9.38. The van der Waals surface area contributed by atoms with Crippen LogP contribution >= 0.6 is 7.82 Å². The van der Waals surface area contributed by atoms with Crippen LogP contribution in [-0.2, 0) is 27.9 Å². The van der Waals surface area contributed by atoms with Gasteiger partial charge in [0, 0.05) is 12.8 Å². The predicted molar refractivity (Wildman–Crippen MR) is 330 cm³/mol. The fourth-order valence-electron chi connectivity index (χ4n) is 8.66. The van der Waals surface area contributed by atoms with Gasteiger partial charge in [0.25, 0.3) is 7.82 Å². The van der Waals surface area contributed by atoms with Gasteiger partial charge in [0.1, 0.15) is 19.3 Å². The standard InChI is InChI=1S/C67H119N2O7P/c1-7-10-13-16-19-22-25-28-29-30-31-32-33-34-35-36-37-38-39-42-45-48-51-54-57-60-67(71)76-65(58-55-52-49-46-43-40-26-23-20-17-14-11-8-2)64(63-75-77(72,73)74-62-61-69(4,5)6)68-66(70)59-56-53-50-47-44-41-27-24-21-18-15-12-9-3/h10,13,19,22,28-29,31-32,34-35,41,44,50,53,55,58,64-65H,7-9,11-12,14-18,20-21,23-27,30,33,36-40,42-43,45-49,51-52,54,56-57,59-63H2,1-6H3,(H-,68,70,72,73)/b13-10-,22-19-,29-28-,32-31-,35-34-,44-41-,53-50+,58-55-. The van der Waals surface area contributed by atoms with Crippen molar-refractivity contribution in [1.29, 1.82) is 0 Å². The Balaban J connectivity index is 5.23. The average molecular weight is 1100 g/mol. The molecule has 0 fully saturated rings. The molecule has 1 amide bonds. The Kier molecular flexibility index (Phi) is 54.0. The Morgan fingerprint density at radius 3 is 1.27 bits per heavy atom. The highest BCUT2D eigenvalue weighted by Gasteiger charge is 2.27. The van der Waals surface area contributed by atoms with E-state index in [1.165, 1.54) is 128 Å². The molecule has 0 aromatic carbocycles. The summed E-state index contributed by atoms with van der Waals surface area (Å²) in [6.45, 7) is 6.67. The lowest BCUT2D eigenvalue weighted by atomic mass is 10.0. The molecule has 10 heteroatoms. The maximum Gasteiger partial charge on any atom is 0.306 e. The van der Waals surface area contributed by atoms with Gasteiger partial charge in [-0.15, -0.1) is 0 Å². The normalized spacial score (nSPS) is 14.3. The number of allylic oxidation sites excluding steroid dienone is 15. The number of phosphoric acid groups is 1. The van der Waals surface area contributed by atoms with Crippen molar-refractivity contribution in [1.82, 2.24) is 5.32 Å². The van der Waals surface area contributed by atoms with E-state index in [0.29, 0.717) is 23.9 Å². The molecule has 444 valence electrons. The number of phosphoric ester groups is 1. The molecule has 0 saturated carbocycles.